The molecule has 0 aliphatic rings. The predicted molar refractivity (Wildman–Crippen MR) is 79.6 cm³/mol. The van der Waals surface area contributed by atoms with E-state index >= 15 is 0 Å². The van der Waals surface area contributed by atoms with Crippen molar-refractivity contribution in [2.24, 2.45) is 0 Å². The van der Waals surface area contributed by atoms with E-state index in [4.69, 9.17) is 4.74 Å². The number of aromatic amines is 1. The summed E-state index contributed by atoms with van der Waals surface area (Å²) in [6.45, 7) is 1.63. The first kappa shape index (κ1) is 17.2. The standard InChI is InChI=1S/C17H11F6NO/c1-9-6-13-10(8-15(24-13)17(21,22)23)7-14(9)25-12-4-2-11(3-5-12)16(18,19)20/h2-8,24H,1H3. The van der Waals surface area contributed by atoms with Gasteiger partial charge in [-0.25, -0.2) is 0 Å². The summed E-state index contributed by atoms with van der Waals surface area (Å²) in [5.74, 6) is 0.419. The number of halogens is 6. The fourth-order valence-electron chi connectivity index (χ4n) is 2.37. The van der Waals surface area contributed by atoms with Crippen LogP contribution in [0.1, 0.15) is 16.8 Å². The number of hydrogen-bond acceptors (Lipinski definition) is 1. The quantitative estimate of drug-likeness (QED) is 0.533. The minimum Gasteiger partial charge on any atom is -0.457 e. The maximum atomic E-state index is 12.8. The molecule has 2 aromatic carbocycles. The lowest BCUT2D eigenvalue weighted by atomic mass is 10.1. The van der Waals surface area contributed by atoms with Crippen molar-refractivity contribution >= 4 is 10.9 Å². The van der Waals surface area contributed by atoms with Crippen molar-refractivity contribution in [1.29, 1.82) is 0 Å². The number of aromatic nitrogens is 1. The van der Waals surface area contributed by atoms with Crippen molar-refractivity contribution < 1.29 is 31.1 Å². The third kappa shape index (κ3) is 3.57. The molecule has 0 amide bonds. The molecule has 0 saturated carbocycles. The maximum absolute atomic E-state index is 12.8. The number of hydrogen-bond donors (Lipinski definition) is 1. The summed E-state index contributed by atoms with van der Waals surface area (Å²) in [6, 6.07) is 7.92. The van der Waals surface area contributed by atoms with Crippen molar-refractivity contribution in [3.05, 3.63) is 59.3 Å². The van der Waals surface area contributed by atoms with E-state index in [1.165, 1.54) is 12.1 Å². The summed E-state index contributed by atoms with van der Waals surface area (Å²) in [7, 11) is 0. The van der Waals surface area contributed by atoms with Crippen molar-refractivity contribution in [3.8, 4) is 11.5 Å². The number of rotatable bonds is 2. The number of benzene rings is 2. The Kier molecular flexibility index (Phi) is 3.93. The van der Waals surface area contributed by atoms with Gasteiger partial charge in [-0.15, -0.1) is 0 Å². The molecule has 0 aliphatic carbocycles. The molecule has 8 heteroatoms. The third-order valence-corrected chi connectivity index (χ3v) is 3.63. The van der Waals surface area contributed by atoms with E-state index < -0.39 is 23.6 Å². The van der Waals surface area contributed by atoms with Gasteiger partial charge in [0.15, 0.2) is 0 Å². The molecule has 0 aliphatic heterocycles. The maximum Gasteiger partial charge on any atom is 0.431 e. The normalized spacial score (nSPS) is 12.6. The van der Waals surface area contributed by atoms with Crippen LogP contribution in [0.2, 0.25) is 0 Å². The highest BCUT2D eigenvalue weighted by atomic mass is 19.4. The molecule has 2 nitrogen and oxygen atoms in total. The lowest BCUT2D eigenvalue weighted by Crippen LogP contribution is -2.04. The highest BCUT2D eigenvalue weighted by molar-refractivity contribution is 5.83. The molecular weight excluding hydrogens is 348 g/mol. The largest absolute Gasteiger partial charge is 0.457 e. The van der Waals surface area contributed by atoms with Gasteiger partial charge in [-0.3, -0.25) is 0 Å². The molecule has 1 N–H and O–H groups in total. The number of nitrogens with one attached hydrogen (secondary N) is 1. The molecular formula is C17H11F6NO. The van der Waals surface area contributed by atoms with Crippen LogP contribution in [0.3, 0.4) is 0 Å². The van der Waals surface area contributed by atoms with Crippen LogP contribution >= 0.6 is 0 Å². The molecule has 3 rings (SSSR count). The Morgan fingerprint density at radius 3 is 2.04 bits per heavy atom. The van der Waals surface area contributed by atoms with Crippen LogP contribution in [0.25, 0.3) is 10.9 Å². The molecule has 1 aromatic heterocycles. The monoisotopic (exact) mass is 359 g/mol. The first-order valence-electron chi connectivity index (χ1n) is 7.10. The molecule has 25 heavy (non-hydrogen) atoms. The summed E-state index contributed by atoms with van der Waals surface area (Å²) in [5.41, 5.74) is -0.853. The Balaban J connectivity index is 1.92. The smallest absolute Gasteiger partial charge is 0.431 e. The van der Waals surface area contributed by atoms with E-state index in [-0.39, 0.29) is 11.5 Å². The van der Waals surface area contributed by atoms with E-state index in [2.05, 4.69) is 4.98 Å². The van der Waals surface area contributed by atoms with Crippen LogP contribution in [0.5, 0.6) is 11.5 Å². The van der Waals surface area contributed by atoms with Crippen LogP contribution in [-0.2, 0) is 12.4 Å². The van der Waals surface area contributed by atoms with E-state index in [0.29, 0.717) is 16.5 Å². The Morgan fingerprint density at radius 1 is 0.840 bits per heavy atom. The van der Waals surface area contributed by atoms with Crippen molar-refractivity contribution in [2.75, 3.05) is 0 Å². The second kappa shape index (κ2) is 5.72. The molecule has 3 aromatic rings. The first-order valence-corrected chi connectivity index (χ1v) is 7.10. The van der Waals surface area contributed by atoms with Gasteiger partial charge < -0.3 is 9.72 Å². The highest BCUT2D eigenvalue weighted by Gasteiger charge is 2.32. The first-order chi connectivity index (χ1) is 11.5. The topological polar surface area (TPSA) is 25.0 Å². The zero-order valence-corrected chi connectivity index (χ0v) is 12.7. The highest BCUT2D eigenvalue weighted by Crippen LogP contribution is 2.36. The van der Waals surface area contributed by atoms with Gasteiger partial charge in [0.1, 0.15) is 17.2 Å². The fourth-order valence-corrected chi connectivity index (χ4v) is 2.37. The molecule has 132 valence electrons. The molecule has 0 saturated heterocycles. The Hall–Kier alpha value is -2.64. The van der Waals surface area contributed by atoms with Crippen LogP contribution in [0.15, 0.2) is 42.5 Å². The minimum atomic E-state index is -4.50. The van der Waals surface area contributed by atoms with Crippen molar-refractivity contribution in [3.63, 3.8) is 0 Å². The summed E-state index contributed by atoms with van der Waals surface area (Å²) < 4.78 is 81.4. The average molecular weight is 359 g/mol. The molecule has 0 bridgehead atoms. The van der Waals surface area contributed by atoms with Gasteiger partial charge in [0.2, 0.25) is 0 Å². The van der Waals surface area contributed by atoms with Gasteiger partial charge in [-0.1, -0.05) is 0 Å². The van der Waals surface area contributed by atoms with Gasteiger partial charge >= 0.3 is 12.4 Å². The summed E-state index contributed by atoms with van der Waals surface area (Å²) >= 11 is 0. The lowest BCUT2D eigenvalue weighted by molar-refractivity contribution is -0.140. The van der Waals surface area contributed by atoms with Crippen LogP contribution in [0.4, 0.5) is 26.3 Å². The van der Waals surface area contributed by atoms with Crippen LogP contribution in [0, 0.1) is 6.92 Å². The number of H-pyrrole nitrogens is 1. The van der Waals surface area contributed by atoms with Gasteiger partial charge in [0.05, 0.1) is 5.56 Å². The molecule has 0 spiro atoms. The van der Waals surface area contributed by atoms with E-state index in [1.54, 1.807) is 6.92 Å². The summed E-state index contributed by atoms with van der Waals surface area (Å²) in [4.78, 5) is 2.29. The van der Waals surface area contributed by atoms with Crippen LogP contribution < -0.4 is 4.74 Å². The third-order valence-electron chi connectivity index (χ3n) is 3.63. The zero-order chi connectivity index (χ0) is 18.4. The number of alkyl halides is 6. The Labute approximate surface area is 138 Å². The van der Waals surface area contributed by atoms with Gasteiger partial charge in [0.25, 0.3) is 0 Å². The number of aryl methyl sites for hydroxylation is 1. The predicted octanol–water partition coefficient (Wildman–Crippen LogP) is 6.31. The fraction of sp³-hybridized carbons (Fsp3) is 0.176. The summed E-state index contributed by atoms with van der Waals surface area (Å²) in [5, 5.41) is 0.292. The number of fused-ring (bicyclic) bond motifs is 1. The molecule has 0 atom stereocenters. The molecule has 0 fully saturated rings. The zero-order valence-electron chi connectivity index (χ0n) is 12.7. The van der Waals surface area contributed by atoms with Gasteiger partial charge in [0, 0.05) is 10.9 Å². The molecule has 0 unspecified atom stereocenters. The molecule has 1 heterocycles. The van der Waals surface area contributed by atoms with Gasteiger partial charge in [-0.2, -0.15) is 26.3 Å². The Bertz CT molecular complexity index is 906. The summed E-state index contributed by atoms with van der Waals surface area (Å²) in [6.07, 6.45) is -8.95. The van der Waals surface area contributed by atoms with Crippen LogP contribution in [-0.4, -0.2) is 4.98 Å². The minimum absolute atomic E-state index is 0.155. The van der Waals surface area contributed by atoms with E-state index in [0.717, 1.165) is 30.3 Å². The van der Waals surface area contributed by atoms with E-state index in [1.807, 2.05) is 0 Å². The van der Waals surface area contributed by atoms with Crippen molar-refractivity contribution in [2.45, 2.75) is 19.3 Å². The second-order valence-corrected chi connectivity index (χ2v) is 5.51. The van der Waals surface area contributed by atoms with Crippen molar-refractivity contribution in [1.82, 2.24) is 4.98 Å². The lowest BCUT2D eigenvalue weighted by Gasteiger charge is -2.11. The number of ether oxygens (including phenoxy) is 1. The molecule has 0 radical (unpaired) electrons. The Morgan fingerprint density at radius 2 is 1.48 bits per heavy atom. The SMILES string of the molecule is Cc1cc2[nH]c(C(F)(F)F)cc2cc1Oc1ccc(C(F)(F)F)cc1. The second-order valence-electron chi connectivity index (χ2n) is 5.51. The van der Waals surface area contributed by atoms with E-state index in [9.17, 15) is 26.3 Å². The van der Waals surface area contributed by atoms with Gasteiger partial charge in [-0.05, 0) is 55.0 Å². The average Bonchev–Trinajstić information content (AvgIpc) is 2.90.